The Morgan fingerprint density at radius 2 is 2.10 bits per heavy atom. The van der Waals surface area contributed by atoms with E-state index >= 15 is 0 Å². The predicted molar refractivity (Wildman–Crippen MR) is 111 cm³/mol. The monoisotopic (exact) mass is 397 g/mol. The molecule has 1 saturated heterocycles. The fourth-order valence-corrected chi connectivity index (χ4v) is 6.39. The number of likely N-dealkylation sites (N-methyl/N-ethyl adjacent to an activating group) is 1. The first-order valence-electron chi connectivity index (χ1n) is 10.8. The number of hydrogen-bond acceptors (Lipinski definition) is 5. The van der Waals surface area contributed by atoms with Crippen LogP contribution >= 0.6 is 0 Å². The molecular formula is C24H31NO4. The Hall–Kier alpha value is -1.98. The SMILES string of the molecule is CCCC[C@@H](O)[C@@]12Oc3c(OC)ccc4c3[C@]13CCN(C)[C@H](C4)C3=CC=C2OC. The van der Waals surface area contributed by atoms with E-state index in [2.05, 4.69) is 31.0 Å². The second kappa shape index (κ2) is 6.51. The van der Waals surface area contributed by atoms with Gasteiger partial charge in [0.15, 0.2) is 11.5 Å². The summed E-state index contributed by atoms with van der Waals surface area (Å²) in [6, 6.07) is 4.51. The quantitative estimate of drug-likeness (QED) is 0.798. The van der Waals surface area contributed by atoms with E-state index in [0.29, 0.717) is 12.5 Å². The molecule has 1 spiro atoms. The van der Waals surface area contributed by atoms with Crippen LogP contribution in [-0.2, 0) is 16.6 Å². The number of allylic oxidation sites excluding steroid dienone is 2. The van der Waals surface area contributed by atoms with Crippen LogP contribution in [0.4, 0.5) is 0 Å². The van der Waals surface area contributed by atoms with Gasteiger partial charge in [0.1, 0.15) is 11.9 Å². The molecule has 2 aliphatic heterocycles. The van der Waals surface area contributed by atoms with Crippen LogP contribution in [-0.4, -0.2) is 55.6 Å². The maximum Gasteiger partial charge on any atom is 0.204 e. The van der Waals surface area contributed by atoms with Crippen molar-refractivity contribution in [1.29, 1.82) is 0 Å². The molecule has 5 rings (SSSR count). The van der Waals surface area contributed by atoms with Gasteiger partial charge < -0.3 is 19.3 Å². The summed E-state index contributed by atoms with van der Waals surface area (Å²) < 4.78 is 18.5. The number of nitrogens with zero attached hydrogens (tertiary/aromatic N) is 1. The Bertz CT molecular complexity index is 906. The molecule has 4 aliphatic rings. The van der Waals surface area contributed by atoms with Crippen LogP contribution in [0.5, 0.6) is 11.5 Å². The normalized spacial score (nSPS) is 32.7. The zero-order valence-corrected chi connectivity index (χ0v) is 17.8. The molecule has 0 saturated carbocycles. The minimum absolute atomic E-state index is 0.312. The number of aliphatic hydroxyl groups is 1. The molecular weight excluding hydrogens is 366 g/mol. The van der Waals surface area contributed by atoms with Crippen LogP contribution in [0.3, 0.4) is 0 Å². The van der Waals surface area contributed by atoms with E-state index in [-0.39, 0.29) is 0 Å². The average molecular weight is 398 g/mol. The van der Waals surface area contributed by atoms with Crippen molar-refractivity contribution >= 4 is 0 Å². The highest BCUT2D eigenvalue weighted by Gasteiger charge is 2.72. The van der Waals surface area contributed by atoms with Crippen LogP contribution in [0, 0.1) is 0 Å². The topological polar surface area (TPSA) is 51.2 Å². The molecule has 2 heterocycles. The van der Waals surface area contributed by atoms with Crippen molar-refractivity contribution in [3.05, 3.63) is 46.7 Å². The number of hydrogen-bond donors (Lipinski definition) is 1. The molecule has 29 heavy (non-hydrogen) atoms. The Kier molecular flexibility index (Phi) is 4.27. The predicted octanol–water partition coefficient (Wildman–Crippen LogP) is 3.35. The maximum atomic E-state index is 11.7. The standard InChI is InChI=1S/C24H31NO4/c1-5-6-7-19(26)24-20(28-4)11-9-16-17-14-15-8-10-18(27-3)22(29-24)21(15)23(16,24)12-13-25(17)2/h8-11,17,19,26H,5-7,12-14H2,1-4H3/t17-,19-,23-,24+/m1/s1. The summed E-state index contributed by atoms with van der Waals surface area (Å²) in [5, 5.41) is 11.7. The maximum absolute atomic E-state index is 11.7. The number of methoxy groups -OCH3 is 2. The fourth-order valence-electron chi connectivity index (χ4n) is 6.39. The van der Waals surface area contributed by atoms with Gasteiger partial charge in [-0.25, -0.2) is 0 Å². The van der Waals surface area contributed by atoms with Crippen LogP contribution < -0.4 is 9.47 Å². The van der Waals surface area contributed by atoms with Crippen LogP contribution in [0.1, 0.15) is 43.7 Å². The Morgan fingerprint density at radius 1 is 1.28 bits per heavy atom. The summed E-state index contributed by atoms with van der Waals surface area (Å²) in [7, 11) is 5.58. The Balaban J connectivity index is 1.82. The van der Waals surface area contributed by atoms with Gasteiger partial charge in [-0.15, -0.1) is 0 Å². The molecule has 5 nitrogen and oxygen atoms in total. The van der Waals surface area contributed by atoms with Crippen molar-refractivity contribution in [3.8, 4) is 11.5 Å². The van der Waals surface area contributed by atoms with Crippen molar-refractivity contribution in [2.45, 2.75) is 62.2 Å². The minimum atomic E-state index is -0.938. The third-order valence-electron chi connectivity index (χ3n) is 7.69. The van der Waals surface area contributed by atoms with Gasteiger partial charge in [-0.2, -0.15) is 0 Å². The lowest BCUT2D eigenvalue weighted by atomic mass is 9.51. The van der Waals surface area contributed by atoms with Gasteiger partial charge in [0.2, 0.25) is 5.60 Å². The van der Waals surface area contributed by atoms with Crippen molar-refractivity contribution in [1.82, 2.24) is 4.90 Å². The second-order valence-corrected chi connectivity index (χ2v) is 8.84. The molecule has 2 bridgehead atoms. The molecule has 4 atom stereocenters. The van der Waals surface area contributed by atoms with Crippen molar-refractivity contribution in [2.24, 2.45) is 0 Å². The molecule has 0 radical (unpaired) electrons. The van der Waals surface area contributed by atoms with Crippen molar-refractivity contribution < 1.29 is 19.3 Å². The van der Waals surface area contributed by atoms with Gasteiger partial charge in [-0.05, 0) is 56.1 Å². The molecule has 0 unspecified atom stereocenters. The van der Waals surface area contributed by atoms with Gasteiger partial charge in [-0.1, -0.05) is 31.9 Å². The number of rotatable bonds is 6. The highest BCUT2D eigenvalue weighted by Crippen LogP contribution is 2.67. The fraction of sp³-hybridized carbons (Fsp3) is 0.583. The van der Waals surface area contributed by atoms with E-state index < -0.39 is 17.1 Å². The summed E-state index contributed by atoms with van der Waals surface area (Å²) in [4.78, 5) is 2.44. The zero-order valence-electron chi connectivity index (χ0n) is 17.8. The molecule has 0 amide bonds. The lowest BCUT2D eigenvalue weighted by Gasteiger charge is -2.58. The van der Waals surface area contributed by atoms with Crippen molar-refractivity contribution in [3.63, 3.8) is 0 Å². The van der Waals surface area contributed by atoms with E-state index in [1.54, 1.807) is 14.2 Å². The highest BCUT2D eigenvalue weighted by molar-refractivity contribution is 5.70. The number of likely N-dealkylation sites (tertiary alicyclic amines) is 1. The number of aliphatic hydroxyl groups excluding tert-OH is 1. The van der Waals surface area contributed by atoms with E-state index in [9.17, 15) is 5.11 Å². The van der Waals surface area contributed by atoms with Gasteiger partial charge in [-0.3, -0.25) is 4.90 Å². The molecule has 1 aromatic carbocycles. The first kappa shape index (κ1) is 19.0. The summed E-state index contributed by atoms with van der Waals surface area (Å²) >= 11 is 0. The van der Waals surface area contributed by atoms with E-state index in [0.717, 1.165) is 49.5 Å². The van der Waals surface area contributed by atoms with Gasteiger partial charge in [0.05, 0.1) is 19.6 Å². The van der Waals surface area contributed by atoms with Crippen molar-refractivity contribution in [2.75, 3.05) is 27.8 Å². The second-order valence-electron chi connectivity index (χ2n) is 8.84. The molecule has 0 aromatic heterocycles. The highest BCUT2D eigenvalue weighted by atomic mass is 16.6. The minimum Gasteiger partial charge on any atom is -0.497 e. The molecule has 1 fully saturated rings. The number of benzene rings is 1. The van der Waals surface area contributed by atoms with E-state index in [1.807, 2.05) is 12.1 Å². The van der Waals surface area contributed by atoms with Gasteiger partial charge >= 0.3 is 0 Å². The summed E-state index contributed by atoms with van der Waals surface area (Å²) in [6.45, 7) is 3.11. The summed E-state index contributed by atoms with van der Waals surface area (Å²) in [5.41, 5.74) is 2.52. The van der Waals surface area contributed by atoms with Crippen LogP contribution in [0.15, 0.2) is 35.6 Å². The largest absolute Gasteiger partial charge is 0.497 e. The third kappa shape index (κ3) is 2.13. The van der Waals surface area contributed by atoms with Gasteiger partial charge in [0, 0.05) is 11.6 Å². The third-order valence-corrected chi connectivity index (χ3v) is 7.69. The van der Waals surface area contributed by atoms with E-state index in [4.69, 9.17) is 14.2 Å². The first-order chi connectivity index (χ1) is 14.0. The summed E-state index contributed by atoms with van der Waals surface area (Å²) in [6.07, 6.45) is 8.09. The molecule has 1 N–H and O–H groups in total. The smallest absolute Gasteiger partial charge is 0.204 e. The molecule has 156 valence electrons. The lowest BCUT2D eigenvalue weighted by Crippen LogP contribution is -2.68. The molecule has 2 aliphatic carbocycles. The van der Waals surface area contributed by atoms with Gasteiger partial charge in [0.25, 0.3) is 0 Å². The Labute approximate surface area is 172 Å². The average Bonchev–Trinajstić information content (AvgIpc) is 3.06. The number of piperidine rings is 1. The number of unbranched alkanes of at least 4 members (excludes halogenated alkanes) is 1. The first-order valence-corrected chi connectivity index (χ1v) is 10.8. The van der Waals surface area contributed by atoms with E-state index in [1.165, 1.54) is 16.7 Å². The molecule has 1 aromatic rings. The van der Waals surface area contributed by atoms with Crippen LogP contribution in [0.25, 0.3) is 0 Å². The molecule has 5 heteroatoms. The van der Waals surface area contributed by atoms with Crippen LogP contribution in [0.2, 0.25) is 0 Å². The lowest BCUT2D eigenvalue weighted by molar-refractivity contribution is -0.0990. The Morgan fingerprint density at radius 3 is 2.83 bits per heavy atom. The summed E-state index contributed by atoms with van der Waals surface area (Å²) in [5.74, 6) is 2.25. The number of ether oxygens (including phenoxy) is 3. The zero-order chi connectivity index (χ0) is 20.4.